The van der Waals surface area contributed by atoms with Gasteiger partial charge in [0, 0.05) is 38.4 Å². The highest BCUT2D eigenvalue weighted by Gasteiger charge is 2.08. The Morgan fingerprint density at radius 3 is 2.90 bits per heavy atom. The van der Waals surface area contributed by atoms with Crippen molar-refractivity contribution in [3.63, 3.8) is 0 Å². The van der Waals surface area contributed by atoms with Gasteiger partial charge in [-0.1, -0.05) is 6.92 Å². The summed E-state index contributed by atoms with van der Waals surface area (Å²) >= 11 is 0. The van der Waals surface area contributed by atoms with Crippen LogP contribution < -0.4 is 10.6 Å². The van der Waals surface area contributed by atoms with Gasteiger partial charge in [0.15, 0.2) is 0 Å². The molecule has 0 fully saturated rings. The molecule has 21 heavy (non-hydrogen) atoms. The van der Waals surface area contributed by atoms with Gasteiger partial charge in [0.25, 0.3) is 5.91 Å². The van der Waals surface area contributed by atoms with E-state index < -0.39 is 0 Å². The summed E-state index contributed by atoms with van der Waals surface area (Å²) in [6.07, 6.45) is 6.54. The molecular formula is C14H20N6O. The Labute approximate surface area is 123 Å². The molecule has 0 aliphatic carbocycles. The maximum atomic E-state index is 12.0. The molecule has 2 aromatic rings. The lowest BCUT2D eigenvalue weighted by atomic mass is 10.3. The summed E-state index contributed by atoms with van der Waals surface area (Å²) in [4.78, 5) is 20.3. The van der Waals surface area contributed by atoms with Crippen molar-refractivity contribution in [3.05, 3.63) is 36.0 Å². The van der Waals surface area contributed by atoms with E-state index in [1.807, 2.05) is 13.1 Å². The second kappa shape index (κ2) is 7.37. The number of amides is 1. The second-order valence-corrected chi connectivity index (χ2v) is 4.67. The van der Waals surface area contributed by atoms with Crippen LogP contribution in [0, 0.1) is 0 Å². The van der Waals surface area contributed by atoms with Crippen LogP contribution in [0.25, 0.3) is 0 Å². The van der Waals surface area contributed by atoms with Gasteiger partial charge in [-0.15, -0.1) is 0 Å². The molecule has 0 aliphatic rings. The van der Waals surface area contributed by atoms with Crippen LogP contribution in [-0.4, -0.2) is 38.7 Å². The van der Waals surface area contributed by atoms with Gasteiger partial charge in [0.05, 0.1) is 12.4 Å². The molecule has 7 nitrogen and oxygen atoms in total. The molecular weight excluding hydrogens is 268 g/mol. The number of nitrogens with zero attached hydrogens (tertiary/aromatic N) is 4. The fraction of sp³-hybridized carbons (Fsp3) is 0.429. The standard InChI is InChI=1S/C14H20N6O/c1-3-6-16-13-10-15-9-12(19-13)14(21)17-7-4-11-5-8-18-20(11)2/h5,8-10H,3-4,6-7H2,1-2H3,(H,16,19)(H,17,21). The molecule has 7 heteroatoms. The van der Waals surface area contributed by atoms with E-state index in [-0.39, 0.29) is 5.91 Å². The van der Waals surface area contributed by atoms with Crippen molar-refractivity contribution in [3.8, 4) is 0 Å². The van der Waals surface area contributed by atoms with Crippen LogP contribution in [0.3, 0.4) is 0 Å². The largest absolute Gasteiger partial charge is 0.369 e. The van der Waals surface area contributed by atoms with Crippen molar-refractivity contribution in [2.45, 2.75) is 19.8 Å². The number of carbonyl (C=O) groups excluding carboxylic acids is 1. The minimum absolute atomic E-state index is 0.218. The van der Waals surface area contributed by atoms with E-state index in [0.717, 1.165) is 25.1 Å². The average Bonchev–Trinajstić information content (AvgIpc) is 2.91. The summed E-state index contributed by atoms with van der Waals surface area (Å²) in [5, 5.41) is 10.0. The zero-order chi connectivity index (χ0) is 15.1. The Balaban J connectivity index is 1.86. The highest BCUT2D eigenvalue weighted by atomic mass is 16.1. The predicted octanol–water partition coefficient (Wildman–Crippen LogP) is 1.00. The van der Waals surface area contributed by atoms with Crippen molar-refractivity contribution in [2.24, 2.45) is 7.05 Å². The Bertz CT molecular complexity index is 595. The first-order valence-corrected chi connectivity index (χ1v) is 7.01. The average molecular weight is 288 g/mol. The lowest BCUT2D eigenvalue weighted by Crippen LogP contribution is -2.27. The first-order valence-electron chi connectivity index (χ1n) is 7.01. The molecule has 2 aromatic heterocycles. The van der Waals surface area contributed by atoms with Crippen molar-refractivity contribution >= 4 is 11.7 Å². The summed E-state index contributed by atoms with van der Waals surface area (Å²) in [5.41, 5.74) is 1.39. The van der Waals surface area contributed by atoms with Crippen molar-refractivity contribution < 1.29 is 4.79 Å². The molecule has 0 spiro atoms. The fourth-order valence-corrected chi connectivity index (χ4v) is 1.85. The van der Waals surface area contributed by atoms with Gasteiger partial charge in [0.1, 0.15) is 11.5 Å². The van der Waals surface area contributed by atoms with Crippen molar-refractivity contribution in [1.82, 2.24) is 25.1 Å². The maximum Gasteiger partial charge on any atom is 0.271 e. The third-order valence-electron chi connectivity index (χ3n) is 3.01. The van der Waals surface area contributed by atoms with Gasteiger partial charge in [-0.2, -0.15) is 5.10 Å². The molecule has 2 N–H and O–H groups in total. The first-order chi connectivity index (χ1) is 10.2. The van der Waals surface area contributed by atoms with Crippen LogP contribution in [0.5, 0.6) is 0 Å². The number of hydrogen-bond donors (Lipinski definition) is 2. The fourth-order valence-electron chi connectivity index (χ4n) is 1.85. The third-order valence-corrected chi connectivity index (χ3v) is 3.01. The van der Waals surface area contributed by atoms with Crippen LogP contribution >= 0.6 is 0 Å². The summed E-state index contributed by atoms with van der Waals surface area (Å²) < 4.78 is 1.79. The Kier molecular flexibility index (Phi) is 5.25. The topological polar surface area (TPSA) is 84.7 Å². The monoisotopic (exact) mass is 288 g/mol. The number of carbonyl (C=O) groups is 1. The lowest BCUT2D eigenvalue weighted by Gasteiger charge is -2.07. The summed E-state index contributed by atoms with van der Waals surface area (Å²) in [5.74, 6) is 0.404. The van der Waals surface area contributed by atoms with E-state index in [1.165, 1.54) is 6.20 Å². The first kappa shape index (κ1) is 15.0. The Hall–Kier alpha value is -2.44. The third kappa shape index (κ3) is 4.27. The minimum Gasteiger partial charge on any atom is -0.369 e. The lowest BCUT2D eigenvalue weighted by molar-refractivity contribution is 0.0948. The molecule has 0 saturated carbocycles. The normalized spacial score (nSPS) is 10.4. The van der Waals surface area contributed by atoms with Gasteiger partial charge in [-0.05, 0) is 12.5 Å². The van der Waals surface area contributed by atoms with Crippen LogP contribution in [0.15, 0.2) is 24.7 Å². The van der Waals surface area contributed by atoms with Crippen molar-refractivity contribution in [2.75, 3.05) is 18.4 Å². The van der Waals surface area contributed by atoms with Gasteiger partial charge in [-0.25, -0.2) is 4.98 Å². The summed E-state index contributed by atoms with van der Waals surface area (Å²) in [6.45, 7) is 3.41. The number of rotatable bonds is 7. The molecule has 0 atom stereocenters. The summed E-state index contributed by atoms with van der Waals surface area (Å²) in [7, 11) is 1.88. The zero-order valence-electron chi connectivity index (χ0n) is 12.3. The van der Waals surface area contributed by atoms with Crippen molar-refractivity contribution in [1.29, 1.82) is 0 Å². The van der Waals surface area contributed by atoms with E-state index in [0.29, 0.717) is 18.1 Å². The summed E-state index contributed by atoms with van der Waals surface area (Å²) in [6, 6.07) is 1.93. The minimum atomic E-state index is -0.218. The number of anilines is 1. The molecule has 0 aromatic carbocycles. The molecule has 0 radical (unpaired) electrons. The molecule has 2 rings (SSSR count). The van der Waals surface area contributed by atoms with Gasteiger partial charge < -0.3 is 10.6 Å². The molecule has 0 aliphatic heterocycles. The molecule has 0 bridgehead atoms. The number of aromatic nitrogens is 4. The van der Waals surface area contributed by atoms with E-state index in [1.54, 1.807) is 17.1 Å². The predicted molar refractivity (Wildman–Crippen MR) is 80.1 cm³/mol. The number of aryl methyl sites for hydroxylation is 1. The van der Waals surface area contributed by atoms with Gasteiger partial charge >= 0.3 is 0 Å². The smallest absolute Gasteiger partial charge is 0.271 e. The maximum absolute atomic E-state index is 12.0. The van der Waals surface area contributed by atoms with Gasteiger partial charge in [0.2, 0.25) is 0 Å². The Morgan fingerprint density at radius 1 is 1.33 bits per heavy atom. The van der Waals surface area contributed by atoms with Crippen LogP contribution in [-0.2, 0) is 13.5 Å². The highest BCUT2D eigenvalue weighted by Crippen LogP contribution is 2.02. The second-order valence-electron chi connectivity index (χ2n) is 4.67. The molecule has 112 valence electrons. The molecule has 1 amide bonds. The van der Waals surface area contributed by atoms with E-state index in [2.05, 4.69) is 32.6 Å². The van der Waals surface area contributed by atoms with Gasteiger partial charge in [-0.3, -0.25) is 14.5 Å². The van der Waals surface area contributed by atoms with Crippen LogP contribution in [0.1, 0.15) is 29.5 Å². The number of nitrogens with one attached hydrogen (secondary N) is 2. The Morgan fingerprint density at radius 2 is 2.19 bits per heavy atom. The van der Waals surface area contributed by atoms with Crippen LogP contribution in [0.2, 0.25) is 0 Å². The van der Waals surface area contributed by atoms with Crippen LogP contribution in [0.4, 0.5) is 5.82 Å². The zero-order valence-corrected chi connectivity index (χ0v) is 12.3. The molecule has 0 saturated heterocycles. The molecule has 0 unspecified atom stereocenters. The number of hydrogen-bond acceptors (Lipinski definition) is 5. The SMILES string of the molecule is CCCNc1cncc(C(=O)NCCc2ccnn2C)n1. The van der Waals surface area contributed by atoms with E-state index in [9.17, 15) is 4.79 Å². The quantitative estimate of drug-likeness (QED) is 0.794. The van der Waals surface area contributed by atoms with E-state index in [4.69, 9.17) is 0 Å². The highest BCUT2D eigenvalue weighted by molar-refractivity contribution is 5.92. The molecule has 2 heterocycles. The van der Waals surface area contributed by atoms with E-state index >= 15 is 0 Å².